The second-order valence-corrected chi connectivity index (χ2v) is 7.24. The number of aromatic nitrogens is 2. The molecule has 6 heteroatoms. The first-order valence-electron chi connectivity index (χ1n) is 8.87. The van der Waals surface area contributed by atoms with Gasteiger partial charge in [-0.05, 0) is 50.1 Å². The van der Waals surface area contributed by atoms with Gasteiger partial charge in [0.25, 0.3) is 0 Å². The van der Waals surface area contributed by atoms with Crippen molar-refractivity contribution < 1.29 is 9.53 Å². The molecule has 1 atom stereocenters. The molecule has 1 amide bonds. The van der Waals surface area contributed by atoms with Gasteiger partial charge in [0.1, 0.15) is 5.82 Å². The molecular weight excluding hydrogens is 316 g/mol. The summed E-state index contributed by atoms with van der Waals surface area (Å²) < 4.78 is 5.08. The Labute approximate surface area is 149 Å². The SMILES string of the molecule is COCCN1CC(CN(C)Cc2nc3cc(C)c(C)cc3[nH]2)CC1=O. The van der Waals surface area contributed by atoms with E-state index in [1.807, 2.05) is 4.90 Å². The Morgan fingerprint density at radius 2 is 2.12 bits per heavy atom. The monoisotopic (exact) mass is 344 g/mol. The van der Waals surface area contributed by atoms with Gasteiger partial charge in [0.15, 0.2) is 0 Å². The molecule has 0 saturated carbocycles. The average molecular weight is 344 g/mol. The van der Waals surface area contributed by atoms with Crippen molar-refractivity contribution in [3.8, 4) is 0 Å². The first-order chi connectivity index (χ1) is 12.0. The second-order valence-electron chi connectivity index (χ2n) is 7.24. The summed E-state index contributed by atoms with van der Waals surface area (Å²) in [7, 11) is 3.76. The average Bonchev–Trinajstić information content (AvgIpc) is 3.08. The summed E-state index contributed by atoms with van der Waals surface area (Å²) in [5, 5.41) is 0. The van der Waals surface area contributed by atoms with Crippen LogP contribution in [0.3, 0.4) is 0 Å². The quantitative estimate of drug-likeness (QED) is 0.836. The number of hydrogen-bond acceptors (Lipinski definition) is 4. The van der Waals surface area contributed by atoms with Crippen LogP contribution in [-0.4, -0.2) is 66.1 Å². The maximum atomic E-state index is 12.0. The number of fused-ring (bicyclic) bond motifs is 1. The van der Waals surface area contributed by atoms with Crippen LogP contribution < -0.4 is 0 Å². The number of H-pyrrole nitrogens is 1. The van der Waals surface area contributed by atoms with Crippen LogP contribution in [0.1, 0.15) is 23.4 Å². The standard InChI is InChI=1S/C19H28N4O2/c1-13-7-16-17(8-14(13)2)21-18(20-16)12-22(3)10-15-9-19(24)23(11-15)5-6-25-4/h7-8,15H,5-6,9-12H2,1-4H3,(H,20,21). The third-order valence-electron chi connectivity index (χ3n) is 5.00. The lowest BCUT2D eigenvalue weighted by molar-refractivity contribution is -0.128. The summed E-state index contributed by atoms with van der Waals surface area (Å²) in [5.41, 5.74) is 4.65. The van der Waals surface area contributed by atoms with E-state index in [1.165, 1.54) is 11.1 Å². The fourth-order valence-electron chi connectivity index (χ4n) is 3.55. The number of aromatic amines is 1. The van der Waals surface area contributed by atoms with Crippen molar-refractivity contribution in [1.29, 1.82) is 0 Å². The smallest absolute Gasteiger partial charge is 0.223 e. The van der Waals surface area contributed by atoms with E-state index >= 15 is 0 Å². The number of carbonyl (C=O) groups excluding carboxylic acids is 1. The van der Waals surface area contributed by atoms with E-state index in [1.54, 1.807) is 7.11 Å². The minimum atomic E-state index is 0.241. The van der Waals surface area contributed by atoms with Crippen molar-refractivity contribution in [3.63, 3.8) is 0 Å². The summed E-state index contributed by atoms with van der Waals surface area (Å²) in [6, 6.07) is 4.29. The van der Waals surface area contributed by atoms with E-state index in [2.05, 4.69) is 42.9 Å². The lowest BCUT2D eigenvalue weighted by Crippen LogP contribution is -2.31. The summed E-state index contributed by atoms with van der Waals surface area (Å²) in [6.07, 6.45) is 0.632. The number of ether oxygens (including phenoxy) is 1. The zero-order valence-corrected chi connectivity index (χ0v) is 15.6. The molecule has 0 spiro atoms. The number of hydrogen-bond donors (Lipinski definition) is 1. The van der Waals surface area contributed by atoms with Crippen LogP contribution >= 0.6 is 0 Å². The van der Waals surface area contributed by atoms with E-state index in [9.17, 15) is 4.79 Å². The number of nitrogens with zero attached hydrogens (tertiary/aromatic N) is 3. The number of methoxy groups -OCH3 is 1. The van der Waals surface area contributed by atoms with E-state index in [0.717, 1.165) is 36.5 Å². The third-order valence-corrected chi connectivity index (χ3v) is 5.00. The molecule has 1 aliphatic rings. The van der Waals surface area contributed by atoms with Gasteiger partial charge >= 0.3 is 0 Å². The predicted octanol–water partition coefficient (Wildman–Crippen LogP) is 2.11. The Hall–Kier alpha value is -1.92. The largest absolute Gasteiger partial charge is 0.383 e. The number of imidazole rings is 1. The first-order valence-corrected chi connectivity index (χ1v) is 8.87. The molecule has 1 aromatic heterocycles. The lowest BCUT2D eigenvalue weighted by Gasteiger charge is -2.20. The van der Waals surface area contributed by atoms with Gasteiger partial charge in [0.05, 0.1) is 24.2 Å². The molecule has 0 aliphatic carbocycles. The number of benzene rings is 1. The van der Waals surface area contributed by atoms with Gasteiger partial charge in [-0.2, -0.15) is 0 Å². The summed E-state index contributed by atoms with van der Waals surface area (Å²) in [6.45, 7) is 8.00. The van der Waals surface area contributed by atoms with Gasteiger partial charge in [-0.15, -0.1) is 0 Å². The molecule has 136 valence electrons. The van der Waals surface area contributed by atoms with Crippen molar-refractivity contribution in [3.05, 3.63) is 29.1 Å². The molecule has 3 rings (SSSR count). The lowest BCUT2D eigenvalue weighted by atomic mass is 10.1. The zero-order chi connectivity index (χ0) is 18.0. The third kappa shape index (κ3) is 4.19. The Kier molecular flexibility index (Phi) is 5.39. The molecule has 1 fully saturated rings. The number of aryl methyl sites for hydroxylation is 2. The van der Waals surface area contributed by atoms with Crippen LogP contribution in [0.4, 0.5) is 0 Å². The van der Waals surface area contributed by atoms with Crippen LogP contribution in [0.15, 0.2) is 12.1 Å². The highest BCUT2D eigenvalue weighted by molar-refractivity contribution is 5.78. The molecular formula is C19H28N4O2. The Balaban J connectivity index is 1.58. The maximum absolute atomic E-state index is 12.0. The number of nitrogens with one attached hydrogen (secondary N) is 1. The molecule has 6 nitrogen and oxygen atoms in total. The topological polar surface area (TPSA) is 61.5 Å². The van der Waals surface area contributed by atoms with Crippen LogP contribution in [-0.2, 0) is 16.1 Å². The number of carbonyl (C=O) groups is 1. The second kappa shape index (κ2) is 7.54. The van der Waals surface area contributed by atoms with Crippen LogP contribution in [0.25, 0.3) is 11.0 Å². The molecule has 1 N–H and O–H groups in total. The highest BCUT2D eigenvalue weighted by Gasteiger charge is 2.29. The molecule has 1 aromatic carbocycles. The summed E-state index contributed by atoms with van der Waals surface area (Å²) >= 11 is 0. The molecule has 25 heavy (non-hydrogen) atoms. The summed E-state index contributed by atoms with van der Waals surface area (Å²) in [5.74, 6) is 1.59. The van der Waals surface area contributed by atoms with Crippen LogP contribution in [0.5, 0.6) is 0 Å². The van der Waals surface area contributed by atoms with Crippen LogP contribution in [0, 0.1) is 19.8 Å². The Morgan fingerprint density at radius 3 is 2.88 bits per heavy atom. The van der Waals surface area contributed by atoms with Gasteiger partial charge in [-0.1, -0.05) is 0 Å². The first kappa shape index (κ1) is 17.9. The molecule has 2 heterocycles. The molecule has 1 aliphatic heterocycles. The zero-order valence-electron chi connectivity index (χ0n) is 15.6. The molecule has 2 aromatic rings. The van der Waals surface area contributed by atoms with Gasteiger partial charge < -0.3 is 14.6 Å². The Morgan fingerprint density at radius 1 is 1.36 bits per heavy atom. The van der Waals surface area contributed by atoms with E-state index in [-0.39, 0.29) is 5.91 Å². The van der Waals surface area contributed by atoms with E-state index < -0.39 is 0 Å². The van der Waals surface area contributed by atoms with Crippen molar-refractivity contribution in [2.75, 3.05) is 40.4 Å². The van der Waals surface area contributed by atoms with Crippen molar-refractivity contribution >= 4 is 16.9 Å². The minimum absolute atomic E-state index is 0.241. The van der Waals surface area contributed by atoms with Crippen LogP contribution in [0.2, 0.25) is 0 Å². The van der Waals surface area contributed by atoms with Gasteiger partial charge in [0.2, 0.25) is 5.91 Å². The number of likely N-dealkylation sites (tertiary alicyclic amines) is 1. The molecule has 0 radical (unpaired) electrons. The van der Waals surface area contributed by atoms with Crippen molar-refractivity contribution in [2.24, 2.45) is 5.92 Å². The number of rotatable bonds is 7. The Bertz CT molecular complexity index is 716. The molecule has 0 bridgehead atoms. The highest BCUT2D eigenvalue weighted by Crippen LogP contribution is 2.20. The van der Waals surface area contributed by atoms with E-state index in [4.69, 9.17) is 9.72 Å². The molecule has 1 saturated heterocycles. The van der Waals surface area contributed by atoms with Crippen molar-refractivity contribution in [1.82, 2.24) is 19.8 Å². The van der Waals surface area contributed by atoms with Gasteiger partial charge in [-0.25, -0.2) is 4.98 Å². The normalized spacial score (nSPS) is 18.0. The molecule has 1 unspecified atom stereocenters. The highest BCUT2D eigenvalue weighted by atomic mass is 16.5. The summed E-state index contributed by atoms with van der Waals surface area (Å²) in [4.78, 5) is 24.3. The van der Waals surface area contributed by atoms with Crippen molar-refractivity contribution in [2.45, 2.75) is 26.8 Å². The minimum Gasteiger partial charge on any atom is -0.383 e. The fraction of sp³-hybridized carbons (Fsp3) is 0.579. The van der Waals surface area contributed by atoms with E-state index in [0.29, 0.717) is 25.5 Å². The van der Waals surface area contributed by atoms with Gasteiger partial charge in [0, 0.05) is 33.2 Å². The maximum Gasteiger partial charge on any atom is 0.223 e. The van der Waals surface area contributed by atoms with Gasteiger partial charge in [-0.3, -0.25) is 9.69 Å². The fourth-order valence-corrected chi connectivity index (χ4v) is 3.55. The predicted molar refractivity (Wildman–Crippen MR) is 98.5 cm³/mol. The number of amides is 1.